The Bertz CT molecular complexity index is 962. The average Bonchev–Trinajstić information content (AvgIpc) is 2.93. The second kappa shape index (κ2) is 7.35. The summed E-state index contributed by atoms with van der Waals surface area (Å²) in [6.45, 7) is 5.32. The van der Waals surface area contributed by atoms with Crippen LogP contribution in [0, 0.1) is 34.5 Å². The summed E-state index contributed by atoms with van der Waals surface area (Å²) in [6, 6.07) is 0. The predicted octanol–water partition coefficient (Wildman–Crippen LogP) is 3.75. The number of halogens is 2. The Morgan fingerprint density at radius 3 is 2.48 bits per heavy atom. The maximum atomic E-state index is 17.2. The lowest BCUT2D eigenvalue weighted by Gasteiger charge is -2.63. The number of allylic oxidation sites excluding steroid dienone is 4. The van der Waals surface area contributed by atoms with Crippen LogP contribution >= 0.6 is 0 Å². The standard InChI is InChI=1S/C24H30F2O7/c1-12-7-17-16-8-13(2)24(33-20(30)31,19(29)32-11-25)22(16,4)10-18(28)23(17,26)21(3)6-5-14(27)9-15(12)21/h5-6,9,12-13,16-18,28H,7-8,10-11H2,1-4H3,(H,30,31)/t12-,13+,16?,17?,18?,21?,22?,23-,24-/m0/s1. The van der Waals surface area contributed by atoms with Crippen molar-refractivity contribution in [3.05, 3.63) is 23.8 Å². The predicted molar refractivity (Wildman–Crippen MR) is 111 cm³/mol. The number of carbonyl (C=O) groups is 3. The fourth-order valence-corrected chi connectivity index (χ4v) is 7.91. The summed E-state index contributed by atoms with van der Waals surface area (Å²) >= 11 is 0. The Hall–Kier alpha value is -2.29. The minimum absolute atomic E-state index is 0.184. The molecule has 7 nitrogen and oxygen atoms in total. The third-order valence-electron chi connectivity index (χ3n) is 9.25. The monoisotopic (exact) mass is 468 g/mol. The second-order valence-electron chi connectivity index (χ2n) is 10.6. The van der Waals surface area contributed by atoms with Crippen molar-refractivity contribution in [2.75, 3.05) is 6.86 Å². The summed E-state index contributed by atoms with van der Waals surface area (Å²) in [5.41, 5.74) is -6.20. The van der Waals surface area contributed by atoms with E-state index in [-0.39, 0.29) is 24.5 Å². The number of esters is 1. The van der Waals surface area contributed by atoms with E-state index in [9.17, 15) is 29.0 Å². The molecule has 0 aliphatic heterocycles. The van der Waals surface area contributed by atoms with Crippen LogP contribution < -0.4 is 0 Å². The molecule has 5 unspecified atom stereocenters. The molecule has 0 radical (unpaired) electrons. The minimum Gasteiger partial charge on any atom is -0.450 e. The number of rotatable bonds is 3. The molecule has 4 aliphatic rings. The maximum absolute atomic E-state index is 17.2. The van der Waals surface area contributed by atoms with E-state index >= 15 is 4.39 Å². The van der Waals surface area contributed by atoms with Crippen molar-refractivity contribution in [3.8, 4) is 0 Å². The molecule has 182 valence electrons. The van der Waals surface area contributed by atoms with Gasteiger partial charge in [-0.2, -0.15) is 0 Å². The SMILES string of the molecule is C[C@@H]1CC2C3C[C@H](C)C4=CC(=O)C=CC4(C)[C@@]3(F)C(O)CC2(C)[C@@]1(OC(=O)O)C(=O)OCF. The van der Waals surface area contributed by atoms with Crippen LogP contribution in [0.25, 0.3) is 0 Å². The van der Waals surface area contributed by atoms with Crippen LogP contribution in [0.1, 0.15) is 47.0 Å². The van der Waals surface area contributed by atoms with Crippen LogP contribution in [0.2, 0.25) is 0 Å². The number of fused-ring (bicyclic) bond motifs is 5. The molecular formula is C24H30F2O7. The van der Waals surface area contributed by atoms with Gasteiger partial charge in [-0.05, 0) is 50.2 Å². The van der Waals surface area contributed by atoms with Gasteiger partial charge < -0.3 is 19.7 Å². The highest BCUT2D eigenvalue weighted by atomic mass is 19.1. The first kappa shape index (κ1) is 23.9. The second-order valence-corrected chi connectivity index (χ2v) is 10.6. The molecule has 9 heteroatoms. The number of aliphatic hydroxyl groups is 1. The molecule has 0 aromatic rings. The van der Waals surface area contributed by atoms with Gasteiger partial charge in [0.1, 0.15) is 0 Å². The Morgan fingerprint density at radius 1 is 1.21 bits per heavy atom. The first-order valence-electron chi connectivity index (χ1n) is 11.3. The van der Waals surface area contributed by atoms with Gasteiger partial charge in [0.05, 0.1) is 6.10 Å². The third kappa shape index (κ3) is 2.77. The van der Waals surface area contributed by atoms with Crippen molar-refractivity contribution in [2.45, 2.75) is 64.3 Å². The molecule has 0 amide bonds. The van der Waals surface area contributed by atoms with Crippen molar-refractivity contribution in [2.24, 2.45) is 34.5 Å². The number of hydrogen-bond acceptors (Lipinski definition) is 6. The molecule has 3 saturated carbocycles. The van der Waals surface area contributed by atoms with Gasteiger partial charge in [-0.25, -0.2) is 18.4 Å². The highest BCUT2D eigenvalue weighted by Gasteiger charge is 2.78. The van der Waals surface area contributed by atoms with Crippen molar-refractivity contribution < 1.29 is 42.9 Å². The van der Waals surface area contributed by atoms with Gasteiger partial charge in [0.2, 0.25) is 12.5 Å². The summed E-state index contributed by atoms with van der Waals surface area (Å²) in [5.74, 6) is -3.64. The molecule has 3 fully saturated rings. The largest absolute Gasteiger partial charge is 0.506 e. The van der Waals surface area contributed by atoms with Gasteiger partial charge in [0.25, 0.3) is 0 Å². The topological polar surface area (TPSA) is 110 Å². The molecule has 0 spiro atoms. The lowest BCUT2D eigenvalue weighted by atomic mass is 9.43. The molecule has 9 atom stereocenters. The van der Waals surface area contributed by atoms with Gasteiger partial charge in [-0.3, -0.25) is 4.79 Å². The van der Waals surface area contributed by atoms with E-state index in [0.29, 0.717) is 12.0 Å². The van der Waals surface area contributed by atoms with Gasteiger partial charge in [-0.15, -0.1) is 0 Å². The van der Waals surface area contributed by atoms with E-state index in [1.165, 1.54) is 18.2 Å². The zero-order valence-electron chi connectivity index (χ0n) is 19.1. The molecule has 0 aromatic heterocycles. The number of alkyl halides is 2. The van der Waals surface area contributed by atoms with E-state index in [2.05, 4.69) is 4.74 Å². The van der Waals surface area contributed by atoms with Gasteiger partial charge in [0.15, 0.2) is 11.5 Å². The Balaban J connectivity index is 1.88. The van der Waals surface area contributed by atoms with Crippen molar-refractivity contribution in [3.63, 3.8) is 0 Å². The van der Waals surface area contributed by atoms with Crippen molar-refractivity contribution in [1.82, 2.24) is 0 Å². The first-order valence-corrected chi connectivity index (χ1v) is 11.3. The first-order chi connectivity index (χ1) is 15.3. The number of aliphatic hydroxyl groups excluding tert-OH is 1. The van der Waals surface area contributed by atoms with Crippen molar-refractivity contribution in [1.29, 1.82) is 0 Å². The number of ether oxygens (including phenoxy) is 2. The van der Waals surface area contributed by atoms with E-state index in [1.807, 2.05) is 6.92 Å². The molecule has 0 saturated heterocycles. The molecule has 0 heterocycles. The summed E-state index contributed by atoms with van der Waals surface area (Å²) in [7, 11) is 0. The zero-order valence-corrected chi connectivity index (χ0v) is 19.1. The fraction of sp³-hybridized carbons (Fsp3) is 0.708. The smallest absolute Gasteiger partial charge is 0.450 e. The molecule has 4 aliphatic carbocycles. The molecule has 33 heavy (non-hydrogen) atoms. The molecule has 4 rings (SSSR count). The molecule has 0 aromatic carbocycles. The van der Waals surface area contributed by atoms with E-state index in [4.69, 9.17) is 4.74 Å². The van der Waals surface area contributed by atoms with E-state index < -0.39 is 64.9 Å². The van der Waals surface area contributed by atoms with Gasteiger partial charge in [0, 0.05) is 22.7 Å². The number of hydrogen-bond donors (Lipinski definition) is 2. The minimum atomic E-state index is -2.16. The summed E-state index contributed by atoms with van der Waals surface area (Å²) in [5, 5.41) is 20.8. The van der Waals surface area contributed by atoms with Crippen LogP contribution in [0.5, 0.6) is 0 Å². The summed E-state index contributed by atoms with van der Waals surface area (Å²) < 4.78 is 40.1. The zero-order chi connectivity index (χ0) is 24.6. The van der Waals surface area contributed by atoms with Crippen molar-refractivity contribution >= 4 is 17.9 Å². The summed E-state index contributed by atoms with van der Waals surface area (Å²) in [4.78, 5) is 36.7. The van der Waals surface area contributed by atoms with Crippen LogP contribution in [-0.4, -0.2) is 52.4 Å². The van der Waals surface area contributed by atoms with Gasteiger partial charge >= 0.3 is 12.1 Å². The van der Waals surface area contributed by atoms with E-state index in [1.54, 1.807) is 20.8 Å². The number of ketones is 1. The molecule has 2 N–H and O–H groups in total. The maximum Gasteiger partial charge on any atom is 0.506 e. The summed E-state index contributed by atoms with van der Waals surface area (Å²) in [6.07, 6.45) is 1.20. The number of carbonyl (C=O) groups excluding carboxylic acids is 2. The normalized spacial score (nSPS) is 48.3. The third-order valence-corrected chi connectivity index (χ3v) is 9.25. The highest BCUT2D eigenvalue weighted by Crippen LogP contribution is 2.72. The van der Waals surface area contributed by atoms with Crippen LogP contribution in [0.15, 0.2) is 23.8 Å². The van der Waals surface area contributed by atoms with E-state index in [0.717, 1.165) is 0 Å². The van der Waals surface area contributed by atoms with Crippen LogP contribution in [0.4, 0.5) is 13.6 Å². The Morgan fingerprint density at radius 2 is 1.88 bits per heavy atom. The Labute approximate surface area is 190 Å². The average molecular weight is 468 g/mol. The van der Waals surface area contributed by atoms with Gasteiger partial charge in [-0.1, -0.05) is 32.4 Å². The fourth-order valence-electron chi connectivity index (χ4n) is 7.91. The lowest BCUT2D eigenvalue weighted by Crippen LogP contribution is -2.70. The number of carboxylic acid groups (broad SMARTS) is 1. The quantitative estimate of drug-likeness (QED) is 0.607. The highest BCUT2D eigenvalue weighted by molar-refractivity contribution is 6.01. The lowest BCUT2D eigenvalue weighted by molar-refractivity contribution is -0.233. The Kier molecular flexibility index (Phi) is 5.32. The molecular weight excluding hydrogens is 438 g/mol. The molecule has 0 bridgehead atoms. The van der Waals surface area contributed by atoms with Crippen LogP contribution in [-0.2, 0) is 19.1 Å². The van der Waals surface area contributed by atoms with Crippen LogP contribution in [0.3, 0.4) is 0 Å².